The van der Waals surface area contributed by atoms with Crippen molar-refractivity contribution in [2.45, 2.75) is 59.3 Å². The van der Waals surface area contributed by atoms with E-state index >= 15 is 0 Å². The molecule has 1 heterocycles. The predicted octanol–water partition coefficient (Wildman–Crippen LogP) is 1.01. The minimum Gasteiger partial charge on any atom is -0.388 e. The maximum atomic E-state index is 11.9. The number of nitrogens with zero attached hydrogens (tertiary/aromatic N) is 1. The molecule has 0 aromatic heterocycles. The fourth-order valence-corrected chi connectivity index (χ4v) is 2.45. The lowest BCUT2D eigenvalue weighted by Crippen LogP contribution is -2.47. The first kappa shape index (κ1) is 17.4. The van der Waals surface area contributed by atoms with Crippen LogP contribution in [-0.2, 0) is 9.53 Å². The van der Waals surface area contributed by atoms with E-state index in [-0.39, 0.29) is 23.5 Å². The van der Waals surface area contributed by atoms with Crippen LogP contribution in [0, 0.1) is 5.41 Å². The first-order chi connectivity index (χ1) is 9.26. The molecule has 0 bridgehead atoms. The van der Waals surface area contributed by atoms with Gasteiger partial charge in [0.15, 0.2) is 0 Å². The summed E-state index contributed by atoms with van der Waals surface area (Å²) in [6, 6.07) is -0.287. The predicted molar refractivity (Wildman–Crippen MR) is 79.5 cm³/mol. The highest BCUT2D eigenvalue weighted by Crippen LogP contribution is 2.20. The first-order valence-electron chi connectivity index (χ1n) is 7.58. The van der Waals surface area contributed by atoms with Crippen molar-refractivity contribution < 1.29 is 14.6 Å². The van der Waals surface area contributed by atoms with Crippen molar-refractivity contribution in [2.75, 3.05) is 26.2 Å². The summed E-state index contributed by atoms with van der Waals surface area (Å²) in [6.45, 7) is 13.2. The quantitative estimate of drug-likeness (QED) is 0.765. The molecular formula is C15H30N2O3. The molecule has 0 spiro atoms. The van der Waals surface area contributed by atoms with Crippen LogP contribution in [0.5, 0.6) is 0 Å². The average Bonchev–Trinajstić information content (AvgIpc) is 2.65. The van der Waals surface area contributed by atoms with Crippen LogP contribution in [0.25, 0.3) is 0 Å². The average molecular weight is 286 g/mol. The van der Waals surface area contributed by atoms with E-state index in [0.717, 1.165) is 13.1 Å². The molecule has 118 valence electrons. The van der Waals surface area contributed by atoms with Crippen molar-refractivity contribution in [1.82, 2.24) is 10.2 Å². The first-order valence-corrected chi connectivity index (χ1v) is 7.58. The van der Waals surface area contributed by atoms with E-state index in [4.69, 9.17) is 4.74 Å². The monoisotopic (exact) mass is 286 g/mol. The van der Waals surface area contributed by atoms with Gasteiger partial charge in [-0.15, -0.1) is 0 Å². The summed E-state index contributed by atoms with van der Waals surface area (Å²) < 4.78 is 5.64. The van der Waals surface area contributed by atoms with Crippen LogP contribution in [0.3, 0.4) is 0 Å². The topological polar surface area (TPSA) is 61.8 Å². The summed E-state index contributed by atoms with van der Waals surface area (Å²) in [4.78, 5) is 14.1. The molecule has 0 aliphatic carbocycles. The van der Waals surface area contributed by atoms with Crippen LogP contribution in [0.4, 0.5) is 0 Å². The van der Waals surface area contributed by atoms with Crippen molar-refractivity contribution in [3.63, 3.8) is 0 Å². The van der Waals surface area contributed by atoms with Crippen LogP contribution in [-0.4, -0.2) is 60.4 Å². The fraction of sp³-hybridized carbons (Fsp3) is 0.933. The number of rotatable bonds is 6. The van der Waals surface area contributed by atoms with E-state index in [1.54, 1.807) is 0 Å². The van der Waals surface area contributed by atoms with Gasteiger partial charge in [0.2, 0.25) is 5.91 Å². The van der Waals surface area contributed by atoms with Gasteiger partial charge in [0.1, 0.15) is 6.10 Å². The van der Waals surface area contributed by atoms with Gasteiger partial charge in [0, 0.05) is 13.0 Å². The molecule has 2 N–H and O–H groups in total. The molecule has 1 saturated heterocycles. The second-order valence-electron chi connectivity index (χ2n) is 6.76. The number of amides is 1. The lowest BCUT2D eigenvalue weighted by molar-refractivity contribution is -0.124. The second kappa shape index (κ2) is 7.38. The summed E-state index contributed by atoms with van der Waals surface area (Å²) in [7, 11) is 0. The molecule has 1 aliphatic heterocycles. The molecule has 0 aromatic rings. The lowest BCUT2D eigenvalue weighted by atomic mass is 9.91. The normalized spacial score (nSPS) is 27.1. The summed E-state index contributed by atoms with van der Waals surface area (Å²) in [6.07, 6.45) is -0.383. The number of carbonyl (C=O) groups is 1. The van der Waals surface area contributed by atoms with Crippen LogP contribution >= 0.6 is 0 Å². The zero-order valence-electron chi connectivity index (χ0n) is 13.5. The van der Waals surface area contributed by atoms with Crippen molar-refractivity contribution in [3.05, 3.63) is 0 Å². The molecule has 1 fully saturated rings. The number of hydrogen-bond acceptors (Lipinski definition) is 4. The Morgan fingerprint density at radius 2 is 1.95 bits per heavy atom. The van der Waals surface area contributed by atoms with Crippen molar-refractivity contribution in [2.24, 2.45) is 5.41 Å². The smallest absolute Gasteiger partial charge is 0.220 e. The maximum Gasteiger partial charge on any atom is 0.220 e. The van der Waals surface area contributed by atoms with Gasteiger partial charge in [0.25, 0.3) is 0 Å². The molecule has 20 heavy (non-hydrogen) atoms. The Kier molecular flexibility index (Phi) is 6.43. The van der Waals surface area contributed by atoms with Crippen LogP contribution in [0.1, 0.15) is 41.0 Å². The molecule has 1 rings (SSSR count). The minimum atomic E-state index is -0.625. The SMILES string of the molecule is CCN(CC)C[C@@H]1OC[C@@H](NC(=O)CC(C)(C)C)[C@H]1O. The molecule has 3 atom stereocenters. The third kappa shape index (κ3) is 5.38. The van der Waals surface area contributed by atoms with Gasteiger partial charge in [-0.3, -0.25) is 4.79 Å². The number of likely N-dealkylation sites (N-methyl/N-ethyl adjacent to an activating group) is 1. The highest BCUT2D eigenvalue weighted by Gasteiger charge is 2.37. The molecule has 0 radical (unpaired) electrons. The van der Waals surface area contributed by atoms with Crippen LogP contribution in [0.15, 0.2) is 0 Å². The molecule has 5 heteroatoms. The zero-order chi connectivity index (χ0) is 15.3. The Labute approximate surface area is 122 Å². The summed E-state index contributed by atoms with van der Waals surface area (Å²) in [5.41, 5.74) is -0.0465. The molecule has 1 aliphatic rings. The van der Waals surface area contributed by atoms with E-state index in [9.17, 15) is 9.90 Å². The highest BCUT2D eigenvalue weighted by molar-refractivity contribution is 5.77. The van der Waals surface area contributed by atoms with Gasteiger partial charge < -0.3 is 20.1 Å². The molecule has 1 amide bonds. The molecular weight excluding hydrogens is 256 g/mol. The van der Waals surface area contributed by atoms with E-state index < -0.39 is 6.10 Å². The molecule has 0 saturated carbocycles. The van der Waals surface area contributed by atoms with Gasteiger partial charge in [-0.25, -0.2) is 0 Å². The van der Waals surface area contributed by atoms with E-state index in [1.807, 2.05) is 20.8 Å². The fourth-order valence-electron chi connectivity index (χ4n) is 2.45. The van der Waals surface area contributed by atoms with Gasteiger partial charge in [-0.1, -0.05) is 34.6 Å². The lowest BCUT2D eigenvalue weighted by Gasteiger charge is -2.25. The number of ether oxygens (including phenoxy) is 1. The number of carbonyl (C=O) groups excluding carboxylic acids is 1. The van der Waals surface area contributed by atoms with Gasteiger partial charge >= 0.3 is 0 Å². The maximum absolute atomic E-state index is 11.9. The number of aliphatic hydroxyl groups is 1. The van der Waals surface area contributed by atoms with Crippen molar-refractivity contribution in [3.8, 4) is 0 Å². The highest BCUT2D eigenvalue weighted by atomic mass is 16.5. The molecule has 0 aromatic carbocycles. The largest absolute Gasteiger partial charge is 0.388 e. The Hall–Kier alpha value is -0.650. The Morgan fingerprint density at radius 3 is 2.45 bits per heavy atom. The minimum absolute atomic E-state index is 0.0198. The molecule has 5 nitrogen and oxygen atoms in total. The van der Waals surface area contributed by atoms with Crippen molar-refractivity contribution in [1.29, 1.82) is 0 Å². The van der Waals surface area contributed by atoms with E-state index in [1.165, 1.54) is 0 Å². The summed E-state index contributed by atoms with van der Waals surface area (Å²) in [5, 5.41) is 13.2. The third-order valence-electron chi connectivity index (χ3n) is 3.65. The zero-order valence-corrected chi connectivity index (χ0v) is 13.5. The van der Waals surface area contributed by atoms with Gasteiger partial charge in [0.05, 0.1) is 18.8 Å². The number of nitrogens with one attached hydrogen (secondary N) is 1. The van der Waals surface area contributed by atoms with Crippen LogP contribution in [0.2, 0.25) is 0 Å². The third-order valence-corrected chi connectivity index (χ3v) is 3.65. The second-order valence-corrected chi connectivity index (χ2v) is 6.76. The van der Waals surface area contributed by atoms with Crippen LogP contribution < -0.4 is 5.32 Å². The Bertz CT molecular complexity index is 311. The summed E-state index contributed by atoms with van der Waals surface area (Å²) >= 11 is 0. The standard InChI is InChI=1S/C15H30N2O3/c1-6-17(7-2)9-12-14(19)11(10-20-12)16-13(18)8-15(3,4)5/h11-12,14,19H,6-10H2,1-5H3,(H,16,18)/t11-,12+,14-/m1/s1. The van der Waals surface area contributed by atoms with E-state index in [2.05, 4.69) is 24.1 Å². The number of hydrogen-bond donors (Lipinski definition) is 2. The summed E-state index contributed by atoms with van der Waals surface area (Å²) in [5.74, 6) is -0.0198. The van der Waals surface area contributed by atoms with E-state index in [0.29, 0.717) is 19.6 Å². The Morgan fingerprint density at radius 1 is 1.35 bits per heavy atom. The molecule has 0 unspecified atom stereocenters. The Balaban J connectivity index is 2.45. The van der Waals surface area contributed by atoms with Gasteiger partial charge in [-0.2, -0.15) is 0 Å². The van der Waals surface area contributed by atoms with Crippen molar-refractivity contribution >= 4 is 5.91 Å². The van der Waals surface area contributed by atoms with Gasteiger partial charge in [-0.05, 0) is 18.5 Å². The number of aliphatic hydroxyl groups excluding tert-OH is 1.